The molecule has 0 N–H and O–H groups in total. The molecule has 4 heteroatoms. The van der Waals surface area contributed by atoms with Crippen LogP contribution < -0.4 is 0 Å². The third-order valence-electron chi connectivity index (χ3n) is 1.17. The quantitative estimate of drug-likeness (QED) is 0.361. The zero-order valence-corrected chi connectivity index (χ0v) is 7.25. The molecule has 0 spiro atoms. The van der Waals surface area contributed by atoms with Crippen LogP contribution in [0.4, 0.5) is 0 Å². The smallest absolute Gasteiger partial charge is 0.336 e. The largest absolute Gasteiger partial charge is 0.428 e. The molecule has 0 bridgehead atoms. The molecule has 0 aromatic carbocycles. The SMILES string of the molecule is C=C(CC)C(=O)OCOC(C)=O. The second-order valence-electron chi connectivity index (χ2n) is 2.14. The van der Waals surface area contributed by atoms with E-state index >= 15 is 0 Å². The van der Waals surface area contributed by atoms with E-state index in [0.717, 1.165) is 0 Å². The van der Waals surface area contributed by atoms with Gasteiger partial charge in [0.15, 0.2) is 0 Å². The molecule has 0 aliphatic heterocycles. The summed E-state index contributed by atoms with van der Waals surface area (Å²) in [5.41, 5.74) is 0.363. The fraction of sp³-hybridized carbons (Fsp3) is 0.500. The van der Waals surface area contributed by atoms with E-state index in [2.05, 4.69) is 16.1 Å². The molecule has 0 rings (SSSR count). The summed E-state index contributed by atoms with van der Waals surface area (Å²) in [6, 6.07) is 0. The van der Waals surface area contributed by atoms with E-state index in [9.17, 15) is 9.59 Å². The van der Waals surface area contributed by atoms with Gasteiger partial charge in [0, 0.05) is 12.5 Å². The zero-order chi connectivity index (χ0) is 9.56. The fourth-order valence-corrected chi connectivity index (χ4v) is 0.412. The highest BCUT2D eigenvalue weighted by Crippen LogP contribution is 1.99. The summed E-state index contributed by atoms with van der Waals surface area (Å²) >= 11 is 0. The first-order valence-electron chi connectivity index (χ1n) is 3.56. The Morgan fingerprint density at radius 3 is 2.33 bits per heavy atom. The van der Waals surface area contributed by atoms with Crippen molar-refractivity contribution in [3.63, 3.8) is 0 Å². The van der Waals surface area contributed by atoms with Crippen LogP contribution in [-0.2, 0) is 19.1 Å². The lowest BCUT2D eigenvalue weighted by atomic mass is 10.2. The molecule has 0 aliphatic rings. The molecular weight excluding hydrogens is 160 g/mol. The Balaban J connectivity index is 3.58. The normalized spacial score (nSPS) is 8.83. The lowest BCUT2D eigenvalue weighted by Gasteiger charge is -2.04. The molecule has 0 radical (unpaired) electrons. The Hall–Kier alpha value is -1.32. The Kier molecular flexibility index (Phi) is 4.76. The Labute approximate surface area is 71.2 Å². The van der Waals surface area contributed by atoms with Crippen molar-refractivity contribution in [1.82, 2.24) is 0 Å². The topological polar surface area (TPSA) is 52.6 Å². The second kappa shape index (κ2) is 5.35. The molecule has 0 saturated heterocycles. The van der Waals surface area contributed by atoms with E-state index in [1.807, 2.05) is 0 Å². The van der Waals surface area contributed by atoms with Gasteiger partial charge in [-0.05, 0) is 6.42 Å². The molecule has 0 heterocycles. The van der Waals surface area contributed by atoms with E-state index in [1.54, 1.807) is 6.92 Å². The maximum atomic E-state index is 10.8. The van der Waals surface area contributed by atoms with Gasteiger partial charge in [0.2, 0.25) is 6.79 Å². The van der Waals surface area contributed by atoms with Crippen LogP contribution in [0.1, 0.15) is 20.3 Å². The first kappa shape index (κ1) is 10.7. The summed E-state index contributed by atoms with van der Waals surface area (Å²) in [6.07, 6.45) is 0.527. The van der Waals surface area contributed by atoms with Gasteiger partial charge in [0.25, 0.3) is 0 Å². The van der Waals surface area contributed by atoms with Crippen LogP contribution in [-0.4, -0.2) is 18.7 Å². The predicted octanol–water partition coefficient (Wildman–Crippen LogP) is 1.02. The Bertz CT molecular complexity index is 195. The van der Waals surface area contributed by atoms with Crippen LogP contribution >= 0.6 is 0 Å². The number of hydrogen-bond donors (Lipinski definition) is 0. The van der Waals surface area contributed by atoms with Gasteiger partial charge >= 0.3 is 11.9 Å². The van der Waals surface area contributed by atoms with Gasteiger partial charge in [-0.1, -0.05) is 13.5 Å². The molecule has 0 amide bonds. The minimum absolute atomic E-state index is 0.340. The first-order valence-corrected chi connectivity index (χ1v) is 3.56. The van der Waals surface area contributed by atoms with Gasteiger partial charge in [0.1, 0.15) is 0 Å². The molecule has 0 fully saturated rings. The van der Waals surface area contributed by atoms with Gasteiger partial charge in [0.05, 0.1) is 0 Å². The predicted molar refractivity (Wildman–Crippen MR) is 42.2 cm³/mol. The van der Waals surface area contributed by atoms with Crippen LogP contribution in [0.3, 0.4) is 0 Å². The van der Waals surface area contributed by atoms with Gasteiger partial charge < -0.3 is 9.47 Å². The molecule has 0 unspecified atom stereocenters. The molecule has 0 aliphatic carbocycles. The van der Waals surface area contributed by atoms with Crippen LogP contribution in [0.5, 0.6) is 0 Å². The highest BCUT2D eigenvalue weighted by atomic mass is 16.7. The van der Waals surface area contributed by atoms with E-state index in [0.29, 0.717) is 12.0 Å². The number of ether oxygens (including phenoxy) is 2. The Morgan fingerprint density at radius 2 is 1.92 bits per heavy atom. The first-order chi connectivity index (χ1) is 5.57. The number of esters is 2. The Morgan fingerprint density at radius 1 is 1.33 bits per heavy atom. The third kappa shape index (κ3) is 4.49. The minimum Gasteiger partial charge on any atom is -0.428 e. The third-order valence-corrected chi connectivity index (χ3v) is 1.17. The molecule has 0 aromatic heterocycles. The fourth-order valence-electron chi connectivity index (χ4n) is 0.412. The van der Waals surface area contributed by atoms with Gasteiger partial charge in [-0.2, -0.15) is 0 Å². The number of carbonyl (C=O) groups is 2. The van der Waals surface area contributed by atoms with Gasteiger partial charge in [-0.3, -0.25) is 4.79 Å². The number of hydrogen-bond acceptors (Lipinski definition) is 4. The van der Waals surface area contributed by atoms with Crippen molar-refractivity contribution < 1.29 is 19.1 Å². The van der Waals surface area contributed by atoms with Gasteiger partial charge in [-0.25, -0.2) is 4.79 Å². The summed E-state index contributed by atoms with van der Waals surface area (Å²) in [7, 11) is 0. The monoisotopic (exact) mass is 172 g/mol. The highest BCUT2D eigenvalue weighted by molar-refractivity contribution is 5.87. The van der Waals surface area contributed by atoms with Crippen molar-refractivity contribution in [2.75, 3.05) is 6.79 Å². The second-order valence-corrected chi connectivity index (χ2v) is 2.14. The molecule has 0 atom stereocenters. The summed E-state index contributed by atoms with van der Waals surface area (Å²) in [4.78, 5) is 21.1. The maximum Gasteiger partial charge on any atom is 0.336 e. The number of rotatable bonds is 4. The summed E-state index contributed by atoms with van der Waals surface area (Å²) < 4.78 is 8.91. The molecule has 0 saturated carbocycles. The molecule has 12 heavy (non-hydrogen) atoms. The van der Waals surface area contributed by atoms with Crippen LogP contribution in [0.25, 0.3) is 0 Å². The van der Waals surface area contributed by atoms with Gasteiger partial charge in [-0.15, -0.1) is 0 Å². The maximum absolute atomic E-state index is 10.8. The average Bonchev–Trinajstić information content (AvgIpc) is 2.02. The van der Waals surface area contributed by atoms with E-state index in [-0.39, 0.29) is 6.79 Å². The van der Waals surface area contributed by atoms with Crippen molar-refractivity contribution in [2.45, 2.75) is 20.3 Å². The van der Waals surface area contributed by atoms with E-state index in [4.69, 9.17) is 0 Å². The average molecular weight is 172 g/mol. The van der Waals surface area contributed by atoms with Crippen LogP contribution in [0.15, 0.2) is 12.2 Å². The van der Waals surface area contributed by atoms with Crippen LogP contribution in [0.2, 0.25) is 0 Å². The van der Waals surface area contributed by atoms with Crippen molar-refractivity contribution >= 4 is 11.9 Å². The molecule has 4 nitrogen and oxygen atoms in total. The number of carbonyl (C=O) groups excluding carboxylic acids is 2. The molecule has 68 valence electrons. The van der Waals surface area contributed by atoms with E-state index in [1.165, 1.54) is 6.92 Å². The zero-order valence-electron chi connectivity index (χ0n) is 7.25. The van der Waals surface area contributed by atoms with E-state index < -0.39 is 11.9 Å². The van der Waals surface area contributed by atoms with Crippen molar-refractivity contribution in [3.8, 4) is 0 Å². The van der Waals surface area contributed by atoms with Crippen molar-refractivity contribution in [2.24, 2.45) is 0 Å². The summed E-state index contributed by atoms with van der Waals surface area (Å²) in [6.45, 7) is 6.14. The minimum atomic E-state index is -0.529. The summed E-state index contributed by atoms with van der Waals surface area (Å²) in [5, 5.41) is 0. The van der Waals surface area contributed by atoms with Crippen molar-refractivity contribution in [3.05, 3.63) is 12.2 Å². The van der Waals surface area contributed by atoms with Crippen LogP contribution in [0, 0.1) is 0 Å². The molecular formula is C8H12O4. The van der Waals surface area contributed by atoms with Crippen molar-refractivity contribution in [1.29, 1.82) is 0 Å². The molecule has 0 aromatic rings. The lowest BCUT2D eigenvalue weighted by molar-refractivity contribution is -0.162. The standard InChI is InChI=1S/C8H12O4/c1-4-6(2)8(10)12-5-11-7(3)9/h2,4-5H2,1,3H3. The highest BCUT2D eigenvalue weighted by Gasteiger charge is 2.05. The lowest BCUT2D eigenvalue weighted by Crippen LogP contribution is -2.11. The summed E-state index contributed by atoms with van der Waals surface area (Å²) in [5.74, 6) is -1.01.